The number of sulfonamides is 1. The van der Waals surface area contributed by atoms with Crippen LogP contribution in [0.1, 0.15) is 42.9 Å². The number of hydrogen-bond donors (Lipinski definition) is 1. The SMILES string of the molecule is C[C@@H]1CN(c2ccc(C(F)(F)F)cc2)C[C@H](C)N1S(=O)(=O)c1ccc2c(c1)[C@@H](C(=O)O)CC2. The maximum absolute atomic E-state index is 13.5. The minimum atomic E-state index is -4.42. The van der Waals surface area contributed by atoms with E-state index in [2.05, 4.69) is 0 Å². The van der Waals surface area contributed by atoms with Crippen molar-refractivity contribution in [3.8, 4) is 0 Å². The fourth-order valence-corrected chi connectivity index (χ4v) is 6.81. The second-order valence-corrected chi connectivity index (χ2v) is 10.6. The summed E-state index contributed by atoms with van der Waals surface area (Å²) in [5.74, 6) is -1.67. The number of alkyl halides is 3. The van der Waals surface area contributed by atoms with Gasteiger partial charge in [-0.05, 0) is 74.2 Å². The second kappa shape index (κ2) is 8.32. The smallest absolute Gasteiger partial charge is 0.416 e. The number of piperazine rings is 1. The van der Waals surface area contributed by atoms with Crippen molar-refractivity contribution in [1.29, 1.82) is 0 Å². The van der Waals surface area contributed by atoms with Gasteiger partial charge in [-0.15, -0.1) is 0 Å². The molecule has 1 heterocycles. The number of carboxylic acid groups (broad SMARTS) is 1. The molecule has 0 amide bonds. The minimum absolute atomic E-state index is 0.0658. The van der Waals surface area contributed by atoms with E-state index < -0.39 is 45.7 Å². The molecule has 0 unspecified atom stereocenters. The number of halogens is 3. The third kappa shape index (κ3) is 4.33. The number of carbonyl (C=O) groups is 1. The van der Waals surface area contributed by atoms with Gasteiger partial charge in [-0.3, -0.25) is 4.79 Å². The van der Waals surface area contributed by atoms with Gasteiger partial charge in [0.2, 0.25) is 10.0 Å². The zero-order chi connectivity index (χ0) is 24.1. The Balaban J connectivity index is 1.57. The van der Waals surface area contributed by atoms with E-state index in [1.807, 2.05) is 4.90 Å². The average molecular weight is 483 g/mol. The number of aryl methyl sites for hydroxylation is 1. The van der Waals surface area contributed by atoms with Crippen LogP contribution in [-0.2, 0) is 27.4 Å². The first kappa shape index (κ1) is 23.6. The van der Waals surface area contributed by atoms with Crippen LogP contribution in [0.2, 0.25) is 0 Å². The van der Waals surface area contributed by atoms with Crippen LogP contribution < -0.4 is 4.90 Å². The van der Waals surface area contributed by atoms with Crippen LogP contribution in [-0.4, -0.2) is 49.0 Å². The predicted octanol–water partition coefficient (Wildman–Crippen LogP) is 4.11. The highest BCUT2D eigenvalue weighted by molar-refractivity contribution is 7.89. The van der Waals surface area contributed by atoms with E-state index in [0.29, 0.717) is 37.2 Å². The third-order valence-electron chi connectivity index (χ3n) is 6.47. The Morgan fingerprint density at radius 2 is 1.64 bits per heavy atom. The van der Waals surface area contributed by atoms with E-state index in [1.54, 1.807) is 19.9 Å². The van der Waals surface area contributed by atoms with Crippen LogP contribution in [0, 0.1) is 0 Å². The second-order valence-electron chi connectivity index (χ2n) is 8.77. The van der Waals surface area contributed by atoms with E-state index in [9.17, 15) is 31.5 Å². The standard InChI is InChI=1S/C23H25F3N2O4S/c1-14-12-27(18-7-5-17(6-8-18)23(24,25)26)13-15(2)28(14)33(31,32)19-9-3-16-4-10-20(22(29)30)21(16)11-19/h3,5-9,11,14-15,20H,4,10,12-13H2,1-2H3,(H,29,30)/t14-,15+,20-/m0/s1. The summed E-state index contributed by atoms with van der Waals surface area (Å²) in [6.45, 7) is 4.16. The quantitative estimate of drug-likeness (QED) is 0.710. The Morgan fingerprint density at radius 1 is 1.03 bits per heavy atom. The zero-order valence-electron chi connectivity index (χ0n) is 18.2. The van der Waals surface area contributed by atoms with E-state index in [-0.39, 0.29) is 4.90 Å². The number of benzene rings is 2. The summed E-state index contributed by atoms with van der Waals surface area (Å²) in [6.07, 6.45) is -3.36. The normalized spacial score (nSPS) is 24.0. The molecule has 6 nitrogen and oxygen atoms in total. The molecule has 178 valence electrons. The highest BCUT2D eigenvalue weighted by Crippen LogP contribution is 2.37. The van der Waals surface area contributed by atoms with Crippen LogP contribution in [0.5, 0.6) is 0 Å². The molecule has 3 atom stereocenters. The van der Waals surface area contributed by atoms with Crippen LogP contribution in [0.25, 0.3) is 0 Å². The minimum Gasteiger partial charge on any atom is -0.481 e. The van der Waals surface area contributed by atoms with Gasteiger partial charge in [-0.2, -0.15) is 17.5 Å². The molecule has 0 saturated carbocycles. The van der Waals surface area contributed by atoms with Crippen molar-refractivity contribution in [3.05, 3.63) is 59.2 Å². The number of rotatable bonds is 4. The lowest BCUT2D eigenvalue weighted by Crippen LogP contribution is -2.58. The van der Waals surface area contributed by atoms with E-state index in [1.165, 1.54) is 28.6 Å². The molecular weight excluding hydrogens is 457 g/mol. The number of anilines is 1. The van der Waals surface area contributed by atoms with Crippen molar-refractivity contribution in [1.82, 2.24) is 4.31 Å². The molecule has 0 bridgehead atoms. The van der Waals surface area contributed by atoms with Gasteiger partial charge in [-0.1, -0.05) is 6.07 Å². The van der Waals surface area contributed by atoms with Gasteiger partial charge in [0.15, 0.2) is 0 Å². The summed E-state index contributed by atoms with van der Waals surface area (Å²) in [6, 6.07) is 8.68. The van der Waals surface area contributed by atoms with Crippen LogP contribution in [0.4, 0.5) is 18.9 Å². The monoisotopic (exact) mass is 482 g/mol. The molecule has 1 N–H and O–H groups in total. The number of carboxylic acids is 1. The Hall–Kier alpha value is -2.59. The lowest BCUT2D eigenvalue weighted by Gasteiger charge is -2.44. The van der Waals surface area contributed by atoms with Crippen molar-refractivity contribution in [3.63, 3.8) is 0 Å². The molecule has 1 saturated heterocycles. The van der Waals surface area contributed by atoms with Gasteiger partial charge in [0.25, 0.3) is 0 Å². The molecule has 0 spiro atoms. The number of aliphatic carboxylic acids is 1. The number of hydrogen-bond acceptors (Lipinski definition) is 4. The molecule has 0 radical (unpaired) electrons. The molecule has 1 aliphatic heterocycles. The van der Waals surface area contributed by atoms with E-state index in [0.717, 1.165) is 17.7 Å². The molecule has 2 aliphatic rings. The molecule has 10 heteroatoms. The van der Waals surface area contributed by atoms with Crippen LogP contribution in [0.15, 0.2) is 47.4 Å². The summed E-state index contributed by atoms with van der Waals surface area (Å²) in [4.78, 5) is 13.5. The Morgan fingerprint density at radius 3 is 2.18 bits per heavy atom. The van der Waals surface area contributed by atoms with Crippen molar-refractivity contribution in [2.45, 2.75) is 55.8 Å². The fraction of sp³-hybridized carbons (Fsp3) is 0.435. The maximum Gasteiger partial charge on any atom is 0.416 e. The molecule has 1 aliphatic carbocycles. The summed E-state index contributed by atoms with van der Waals surface area (Å²) in [5, 5.41) is 9.46. The fourth-order valence-electron chi connectivity index (χ4n) is 4.97. The molecule has 4 rings (SSSR count). The van der Waals surface area contributed by atoms with Gasteiger partial charge in [0.1, 0.15) is 0 Å². The first-order chi connectivity index (χ1) is 15.4. The van der Waals surface area contributed by atoms with E-state index >= 15 is 0 Å². The zero-order valence-corrected chi connectivity index (χ0v) is 19.0. The first-order valence-corrected chi connectivity index (χ1v) is 12.1. The third-order valence-corrected chi connectivity index (χ3v) is 8.59. The number of nitrogens with zero attached hydrogens (tertiary/aromatic N) is 2. The summed E-state index contributed by atoms with van der Waals surface area (Å²) < 4.78 is 67.0. The molecule has 1 fully saturated rings. The van der Waals surface area contributed by atoms with Gasteiger partial charge in [0.05, 0.1) is 16.4 Å². The summed E-state index contributed by atoms with van der Waals surface area (Å²) in [7, 11) is -3.90. The van der Waals surface area contributed by atoms with Crippen LogP contribution >= 0.6 is 0 Å². The molecular formula is C23H25F3N2O4S. The van der Waals surface area contributed by atoms with Crippen molar-refractivity contribution in [2.24, 2.45) is 0 Å². The maximum atomic E-state index is 13.5. The molecule has 2 aromatic carbocycles. The van der Waals surface area contributed by atoms with Gasteiger partial charge in [-0.25, -0.2) is 8.42 Å². The lowest BCUT2D eigenvalue weighted by atomic mass is 10.0. The van der Waals surface area contributed by atoms with Crippen molar-refractivity contribution >= 4 is 21.7 Å². The Labute approximate surface area is 190 Å². The molecule has 2 aromatic rings. The molecule has 33 heavy (non-hydrogen) atoms. The predicted molar refractivity (Wildman–Crippen MR) is 117 cm³/mol. The largest absolute Gasteiger partial charge is 0.481 e. The highest BCUT2D eigenvalue weighted by atomic mass is 32.2. The van der Waals surface area contributed by atoms with Gasteiger partial charge >= 0.3 is 12.1 Å². The molecule has 0 aromatic heterocycles. The topological polar surface area (TPSA) is 77.9 Å². The first-order valence-electron chi connectivity index (χ1n) is 10.7. The Bertz CT molecular complexity index is 1150. The lowest BCUT2D eigenvalue weighted by molar-refractivity contribution is -0.139. The number of fused-ring (bicyclic) bond motifs is 1. The van der Waals surface area contributed by atoms with Gasteiger partial charge < -0.3 is 10.0 Å². The van der Waals surface area contributed by atoms with Crippen molar-refractivity contribution in [2.75, 3.05) is 18.0 Å². The van der Waals surface area contributed by atoms with Gasteiger partial charge in [0, 0.05) is 30.9 Å². The average Bonchev–Trinajstić information content (AvgIpc) is 3.16. The van der Waals surface area contributed by atoms with Crippen LogP contribution in [0.3, 0.4) is 0 Å². The highest BCUT2D eigenvalue weighted by Gasteiger charge is 2.40. The summed E-state index contributed by atoms with van der Waals surface area (Å²) >= 11 is 0. The van der Waals surface area contributed by atoms with Crippen molar-refractivity contribution < 1.29 is 31.5 Å². The van der Waals surface area contributed by atoms with E-state index in [4.69, 9.17) is 0 Å². The summed E-state index contributed by atoms with van der Waals surface area (Å²) in [5.41, 5.74) is 1.27. The Kier molecular flexibility index (Phi) is 5.94.